The lowest BCUT2D eigenvalue weighted by Gasteiger charge is -2.25. The van der Waals surface area contributed by atoms with Crippen LogP contribution < -0.4 is 16.0 Å². The first-order chi connectivity index (χ1) is 16.7. The fourth-order valence-electron chi connectivity index (χ4n) is 4.69. The molecule has 1 aliphatic carbocycles. The zero-order valence-corrected chi connectivity index (χ0v) is 20.5. The smallest absolute Gasteiger partial charge is 0.249 e. The quantitative estimate of drug-likeness (QED) is 0.463. The summed E-state index contributed by atoms with van der Waals surface area (Å²) in [5.41, 5.74) is 1.21. The van der Waals surface area contributed by atoms with Gasteiger partial charge in [0.25, 0.3) is 0 Å². The molecule has 4 rings (SSSR count). The summed E-state index contributed by atoms with van der Waals surface area (Å²) in [6.07, 6.45) is 13.9. The molecule has 2 fully saturated rings. The molecule has 182 valence electrons. The van der Waals surface area contributed by atoms with Crippen molar-refractivity contribution in [1.29, 1.82) is 0 Å². The minimum Gasteiger partial charge on any atom is -0.349 e. The summed E-state index contributed by atoms with van der Waals surface area (Å²) in [4.78, 5) is 25.4. The van der Waals surface area contributed by atoms with Crippen LogP contribution in [0.1, 0.15) is 74.3 Å². The number of amides is 2. The van der Waals surface area contributed by atoms with E-state index in [1.54, 1.807) is 6.08 Å². The number of hydrogen-bond donors (Lipinski definition) is 3. The van der Waals surface area contributed by atoms with Gasteiger partial charge in [-0.3, -0.25) is 14.9 Å². The highest BCUT2D eigenvalue weighted by atomic mass is 32.1. The highest BCUT2D eigenvalue weighted by Crippen LogP contribution is 2.35. The monoisotopic (exact) mass is 481 g/mol. The van der Waals surface area contributed by atoms with Gasteiger partial charge >= 0.3 is 0 Å². The summed E-state index contributed by atoms with van der Waals surface area (Å²) >= 11 is 1.47. The maximum Gasteiger partial charge on any atom is 0.249 e. The molecular formula is C26H35N5O2S. The van der Waals surface area contributed by atoms with Crippen molar-refractivity contribution in [3.63, 3.8) is 0 Å². The molecular weight excluding hydrogens is 446 g/mol. The molecule has 1 aliphatic heterocycles. The van der Waals surface area contributed by atoms with Gasteiger partial charge in [0.05, 0.1) is 6.04 Å². The third-order valence-electron chi connectivity index (χ3n) is 6.65. The van der Waals surface area contributed by atoms with Crippen LogP contribution in [-0.4, -0.2) is 40.6 Å². The van der Waals surface area contributed by atoms with Crippen molar-refractivity contribution < 1.29 is 9.59 Å². The Morgan fingerprint density at radius 1 is 1.06 bits per heavy atom. The molecule has 2 atom stereocenters. The molecule has 34 heavy (non-hydrogen) atoms. The number of anilines is 1. The summed E-state index contributed by atoms with van der Waals surface area (Å²) < 4.78 is 0. The number of aromatic nitrogens is 2. The molecule has 3 N–H and O–H groups in total. The SMILES string of the molecule is O=C(C=CC(CCc1ccccc1)NC(=O)C1CCCCN1)Nc1nnc(C2CCCCC2)s1. The summed E-state index contributed by atoms with van der Waals surface area (Å²) in [6, 6.07) is 9.80. The second kappa shape index (κ2) is 12.8. The van der Waals surface area contributed by atoms with E-state index in [0.717, 1.165) is 56.5 Å². The number of nitrogens with one attached hydrogen (secondary N) is 3. The van der Waals surface area contributed by atoms with Crippen LogP contribution in [0.3, 0.4) is 0 Å². The Morgan fingerprint density at radius 2 is 1.85 bits per heavy atom. The molecule has 2 heterocycles. The van der Waals surface area contributed by atoms with E-state index >= 15 is 0 Å². The number of hydrogen-bond acceptors (Lipinski definition) is 6. The van der Waals surface area contributed by atoms with Crippen molar-refractivity contribution in [1.82, 2.24) is 20.8 Å². The third kappa shape index (κ3) is 7.46. The first-order valence-electron chi connectivity index (χ1n) is 12.6. The van der Waals surface area contributed by atoms with Gasteiger partial charge in [-0.15, -0.1) is 10.2 Å². The normalized spacial score (nSPS) is 20.2. The van der Waals surface area contributed by atoms with Crippen LogP contribution in [0.2, 0.25) is 0 Å². The zero-order chi connectivity index (χ0) is 23.6. The molecule has 7 nitrogen and oxygen atoms in total. The fraction of sp³-hybridized carbons (Fsp3) is 0.538. The van der Waals surface area contributed by atoms with Gasteiger partial charge in [0.2, 0.25) is 16.9 Å². The van der Waals surface area contributed by atoms with Gasteiger partial charge in [0.15, 0.2) is 0 Å². The Hall–Kier alpha value is -2.58. The van der Waals surface area contributed by atoms with Crippen LogP contribution in [0, 0.1) is 0 Å². The van der Waals surface area contributed by atoms with Gasteiger partial charge in [-0.2, -0.15) is 0 Å². The lowest BCUT2D eigenvalue weighted by Crippen LogP contribution is -2.49. The summed E-state index contributed by atoms with van der Waals surface area (Å²) in [5.74, 6) is 0.226. The first kappa shape index (κ1) is 24.5. The van der Waals surface area contributed by atoms with E-state index in [1.807, 2.05) is 18.2 Å². The second-order valence-electron chi connectivity index (χ2n) is 9.27. The largest absolute Gasteiger partial charge is 0.349 e. The van der Waals surface area contributed by atoms with E-state index in [9.17, 15) is 9.59 Å². The molecule has 1 aromatic heterocycles. The maximum atomic E-state index is 12.8. The number of nitrogens with zero attached hydrogens (tertiary/aromatic N) is 2. The van der Waals surface area contributed by atoms with Crippen molar-refractivity contribution in [3.8, 4) is 0 Å². The van der Waals surface area contributed by atoms with Crippen LogP contribution in [0.5, 0.6) is 0 Å². The van der Waals surface area contributed by atoms with Crippen molar-refractivity contribution in [2.24, 2.45) is 0 Å². The van der Waals surface area contributed by atoms with Crippen LogP contribution in [0.25, 0.3) is 0 Å². The Kier molecular flexibility index (Phi) is 9.21. The second-order valence-corrected chi connectivity index (χ2v) is 10.3. The molecule has 2 aromatic rings. The van der Waals surface area contributed by atoms with E-state index in [2.05, 4.69) is 38.3 Å². The molecule has 2 unspecified atom stereocenters. The zero-order valence-electron chi connectivity index (χ0n) is 19.7. The number of aryl methyl sites for hydroxylation is 1. The van der Waals surface area contributed by atoms with Crippen LogP contribution in [-0.2, 0) is 16.0 Å². The number of rotatable bonds is 9. The predicted octanol–water partition coefficient (Wildman–Crippen LogP) is 4.34. The van der Waals surface area contributed by atoms with Crippen LogP contribution in [0.15, 0.2) is 42.5 Å². The van der Waals surface area contributed by atoms with Gasteiger partial charge in [0, 0.05) is 18.0 Å². The number of benzene rings is 1. The highest BCUT2D eigenvalue weighted by molar-refractivity contribution is 7.15. The highest BCUT2D eigenvalue weighted by Gasteiger charge is 2.23. The molecule has 2 amide bonds. The molecule has 1 saturated carbocycles. The maximum absolute atomic E-state index is 12.8. The molecule has 0 spiro atoms. The average molecular weight is 482 g/mol. The number of carbonyl (C=O) groups excluding carboxylic acids is 2. The van der Waals surface area contributed by atoms with E-state index in [4.69, 9.17) is 0 Å². The predicted molar refractivity (Wildman–Crippen MR) is 136 cm³/mol. The summed E-state index contributed by atoms with van der Waals surface area (Å²) in [7, 11) is 0. The van der Waals surface area contributed by atoms with Gasteiger partial charge in [-0.1, -0.05) is 73.4 Å². The van der Waals surface area contributed by atoms with E-state index < -0.39 is 0 Å². The van der Waals surface area contributed by atoms with E-state index in [0.29, 0.717) is 11.0 Å². The molecule has 0 radical (unpaired) electrons. The fourth-order valence-corrected chi connectivity index (χ4v) is 5.61. The van der Waals surface area contributed by atoms with Crippen molar-refractivity contribution in [3.05, 3.63) is 53.1 Å². The lowest BCUT2D eigenvalue weighted by molar-refractivity contribution is -0.124. The van der Waals surface area contributed by atoms with Gasteiger partial charge in [0.1, 0.15) is 5.01 Å². The molecule has 8 heteroatoms. The van der Waals surface area contributed by atoms with Gasteiger partial charge < -0.3 is 10.6 Å². The van der Waals surface area contributed by atoms with Crippen molar-refractivity contribution >= 4 is 28.3 Å². The summed E-state index contributed by atoms with van der Waals surface area (Å²) in [5, 5.41) is 19.3. The Bertz CT molecular complexity index is 949. The Labute approximate surface area is 205 Å². The Morgan fingerprint density at radius 3 is 2.62 bits per heavy atom. The first-order valence-corrected chi connectivity index (χ1v) is 13.4. The third-order valence-corrected chi connectivity index (χ3v) is 7.65. The van der Waals surface area contributed by atoms with Crippen molar-refractivity contribution in [2.45, 2.75) is 82.2 Å². The Balaban J connectivity index is 1.34. The standard InChI is InChI=1S/C26H35N5O2S/c32-23(29-26-31-30-25(34-26)20-11-5-2-6-12-20)17-16-21(15-14-19-9-3-1-4-10-19)28-24(33)22-13-7-8-18-27-22/h1,3-4,9-10,16-17,20-22,27H,2,5-8,11-15,18H2,(H,28,33)(H,29,31,32). The lowest BCUT2D eigenvalue weighted by atomic mass is 9.90. The molecule has 2 aliphatic rings. The van der Waals surface area contributed by atoms with E-state index in [1.165, 1.54) is 42.2 Å². The number of piperidine rings is 1. The average Bonchev–Trinajstić information content (AvgIpc) is 3.35. The van der Waals surface area contributed by atoms with Crippen LogP contribution in [0.4, 0.5) is 5.13 Å². The van der Waals surface area contributed by atoms with Crippen LogP contribution >= 0.6 is 11.3 Å². The summed E-state index contributed by atoms with van der Waals surface area (Å²) in [6.45, 7) is 0.871. The minimum absolute atomic E-state index is 0.00377. The topological polar surface area (TPSA) is 96.0 Å². The number of carbonyl (C=O) groups is 2. The minimum atomic E-state index is -0.249. The van der Waals surface area contributed by atoms with Gasteiger partial charge in [-0.05, 0) is 50.6 Å². The van der Waals surface area contributed by atoms with E-state index in [-0.39, 0.29) is 23.9 Å². The molecule has 1 aromatic carbocycles. The van der Waals surface area contributed by atoms with Gasteiger partial charge in [-0.25, -0.2) is 0 Å². The van der Waals surface area contributed by atoms with Crippen molar-refractivity contribution in [2.75, 3.05) is 11.9 Å². The molecule has 1 saturated heterocycles. The molecule has 0 bridgehead atoms.